The second-order valence-electron chi connectivity index (χ2n) is 6.53. The average Bonchev–Trinajstić information content (AvgIpc) is 3.14. The molecule has 6 nitrogen and oxygen atoms in total. The number of halogens is 1. The second-order valence-corrected chi connectivity index (χ2v) is 6.97. The number of methoxy groups -OCH3 is 1. The molecule has 1 aromatic carbocycles. The minimum absolute atomic E-state index is 0.270. The summed E-state index contributed by atoms with van der Waals surface area (Å²) in [5, 5.41) is 10.9. The third kappa shape index (κ3) is 4.26. The summed E-state index contributed by atoms with van der Waals surface area (Å²) >= 11 is 5.95. The Morgan fingerprint density at radius 2 is 2.19 bits per heavy atom. The number of ether oxygens (including phenoxy) is 1. The van der Waals surface area contributed by atoms with Gasteiger partial charge in [-0.25, -0.2) is 4.98 Å². The van der Waals surface area contributed by atoms with E-state index in [2.05, 4.69) is 9.55 Å². The standard InChI is InChI=1S/C19H24ClN3O3/c1-26-12-11-22-10-7-21-18(22)14-5-8-23(9-6-14)19(25)17(24)15-3-2-4-16(20)13-15/h2-4,7,10,13-14,17,24H,5-6,8-9,11-12H2,1H3/t17-/m0/s1. The lowest BCUT2D eigenvalue weighted by Gasteiger charge is -2.33. The molecule has 26 heavy (non-hydrogen) atoms. The fourth-order valence-electron chi connectivity index (χ4n) is 3.41. The van der Waals surface area contributed by atoms with E-state index >= 15 is 0 Å². The molecular weight excluding hydrogens is 354 g/mol. The van der Waals surface area contributed by atoms with Crippen molar-refractivity contribution < 1.29 is 14.6 Å². The maximum atomic E-state index is 12.6. The summed E-state index contributed by atoms with van der Waals surface area (Å²) in [4.78, 5) is 18.8. The number of aliphatic hydroxyl groups excluding tert-OH is 1. The molecule has 0 saturated carbocycles. The highest BCUT2D eigenvalue weighted by Crippen LogP contribution is 2.29. The first-order chi connectivity index (χ1) is 12.6. The Morgan fingerprint density at radius 3 is 2.88 bits per heavy atom. The minimum Gasteiger partial charge on any atom is -0.383 e. The van der Waals surface area contributed by atoms with E-state index in [1.807, 2.05) is 12.4 Å². The largest absolute Gasteiger partial charge is 0.383 e. The van der Waals surface area contributed by atoms with Crippen LogP contribution >= 0.6 is 11.6 Å². The molecule has 3 rings (SSSR count). The molecule has 2 aromatic rings. The fraction of sp³-hybridized carbons (Fsp3) is 0.474. The minimum atomic E-state index is -1.17. The summed E-state index contributed by atoms with van der Waals surface area (Å²) in [6, 6.07) is 6.80. The molecule has 0 aliphatic carbocycles. The number of piperidine rings is 1. The molecule has 1 N–H and O–H groups in total. The number of carbonyl (C=O) groups is 1. The maximum Gasteiger partial charge on any atom is 0.256 e. The molecule has 140 valence electrons. The van der Waals surface area contributed by atoms with E-state index in [-0.39, 0.29) is 5.91 Å². The molecule has 0 unspecified atom stereocenters. The first kappa shape index (κ1) is 18.9. The summed E-state index contributed by atoms with van der Waals surface area (Å²) in [6.07, 6.45) is 4.27. The highest BCUT2D eigenvalue weighted by Gasteiger charge is 2.30. The van der Waals surface area contributed by atoms with Gasteiger partial charge in [-0.3, -0.25) is 4.79 Å². The van der Waals surface area contributed by atoms with Crippen LogP contribution < -0.4 is 0 Å². The van der Waals surface area contributed by atoms with Crippen LogP contribution in [-0.4, -0.2) is 52.3 Å². The summed E-state index contributed by atoms with van der Waals surface area (Å²) in [7, 11) is 1.69. The first-order valence-corrected chi connectivity index (χ1v) is 9.20. The highest BCUT2D eigenvalue weighted by atomic mass is 35.5. The number of benzene rings is 1. The number of imidazole rings is 1. The van der Waals surface area contributed by atoms with Gasteiger partial charge in [-0.15, -0.1) is 0 Å². The van der Waals surface area contributed by atoms with Crippen molar-refractivity contribution in [1.29, 1.82) is 0 Å². The lowest BCUT2D eigenvalue weighted by atomic mass is 9.95. The van der Waals surface area contributed by atoms with E-state index in [1.165, 1.54) is 0 Å². The van der Waals surface area contributed by atoms with Gasteiger partial charge in [-0.05, 0) is 30.5 Å². The Labute approximate surface area is 158 Å². The Bertz CT molecular complexity index is 741. The van der Waals surface area contributed by atoms with Gasteiger partial charge in [0.15, 0.2) is 6.10 Å². The third-order valence-corrected chi connectivity index (χ3v) is 5.09. The molecule has 1 aromatic heterocycles. The number of aromatic nitrogens is 2. The quantitative estimate of drug-likeness (QED) is 0.840. The normalized spacial score (nSPS) is 16.7. The zero-order valence-electron chi connectivity index (χ0n) is 14.8. The van der Waals surface area contributed by atoms with Crippen molar-refractivity contribution in [3.63, 3.8) is 0 Å². The van der Waals surface area contributed by atoms with Crippen LogP contribution in [0.2, 0.25) is 5.02 Å². The molecule has 1 aliphatic heterocycles. The van der Waals surface area contributed by atoms with Crippen LogP contribution in [0, 0.1) is 0 Å². The van der Waals surface area contributed by atoms with Crippen LogP contribution in [0.1, 0.15) is 36.3 Å². The molecule has 1 atom stereocenters. The van der Waals surface area contributed by atoms with Crippen LogP contribution in [0.3, 0.4) is 0 Å². The molecular formula is C19H24ClN3O3. The molecule has 0 spiro atoms. The lowest BCUT2D eigenvalue weighted by Crippen LogP contribution is -2.41. The molecule has 2 heterocycles. The van der Waals surface area contributed by atoms with Gasteiger partial charge < -0.3 is 19.3 Å². The van der Waals surface area contributed by atoms with Gasteiger partial charge in [0.25, 0.3) is 5.91 Å². The topological polar surface area (TPSA) is 67.6 Å². The lowest BCUT2D eigenvalue weighted by molar-refractivity contribution is -0.141. The Morgan fingerprint density at radius 1 is 1.42 bits per heavy atom. The molecule has 1 amide bonds. The van der Waals surface area contributed by atoms with E-state index in [1.54, 1.807) is 36.3 Å². The number of nitrogens with zero attached hydrogens (tertiary/aromatic N) is 3. The van der Waals surface area contributed by atoms with Gasteiger partial charge >= 0.3 is 0 Å². The number of rotatable bonds is 6. The number of hydrogen-bond acceptors (Lipinski definition) is 4. The molecule has 7 heteroatoms. The van der Waals surface area contributed by atoms with Crippen molar-refractivity contribution in [2.75, 3.05) is 26.8 Å². The van der Waals surface area contributed by atoms with E-state index in [0.717, 1.165) is 25.2 Å². The van der Waals surface area contributed by atoms with Gasteiger partial charge in [0.1, 0.15) is 5.82 Å². The number of amides is 1. The average molecular weight is 378 g/mol. The van der Waals surface area contributed by atoms with E-state index in [0.29, 0.717) is 36.2 Å². The van der Waals surface area contributed by atoms with E-state index in [9.17, 15) is 9.90 Å². The molecule has 0 radical (unpaired) electrons. The van der Waals surface area contributed by atoms with Crippen molar-refractivity contribution >= 4 is 17.5 Å². The SMILES string of the molecule is COCCn1ccnc1C1CCN(C(=O)[C@@H](O)c2cccc(Cl)c2)CC1. The van der Waals surface area contributed by atoms with Crippen LogP contribution in [0.25, 0.3) is 0 Å². The third-order valence-electron chi connectivity index (χ3n) is 4.85. The van der Waals surface area contributed by atoms with Crippen molar-refractivity contribution in [1.82, 2.24) is 14.5 Å². The van der Waals surface area contributed by atoms with Gasteiger partial charge in [0.05, 0.1) is 6.61 Å². The van der Waals surface area contributed by atoms with E-state index < -0.39 is 6.10 Å². The maximum absolute atomic E-state index is 12.6. The summed E-state index contributed by atoms with van der Waals surface area (Å²) in [5.74, 6) is 1.09. The van der Waals surface area contributed by atoms with Crippen LogP contribution in [0.4, 0.5) is 0 Å². The molecule has 1 fully saturated rings. The number of hydrogen-bond donors (Lipinski definition) is 1. The monoisotopic (exact) mass is 377 g/mol. The highest BCUT2D eigenvalue weighted by molar-refractivity contribution is 6.30. The molecule has 0 bridgehead atoms. The Hall–Kier alpha value is -1.89. The van der Waals surface area contributed by atoms with Gasteiger partial charge in [-0.2, -0.15) is 0 Å². The van der Waals surface area contributed by atoms with Crippen molar-refractivity contribution in [2.45, 2.75) is 31.4 Å². The predicted molar refractivity (Wildman–Crippen MR) is 99.1 cm³/mol. The second kappa shape index (κ2) is 8.66. The van der Waals surface area contributed by atoms with Crippen LogP contribution in [0.15, 0.2) is 36.7 Å². The van der Waals surface area contributed by atoms with Crippen LogP contribution in [0.5, 0.6) is 0 Å². The van der Waals surface area contributed by atoms with Crippen molar-refractivity contribution in [2.24, 2.45) is 0 Å². The number of aliphatic hydroxyl groups is 1. The van der Waals surface area contributed by atoms with Crippen molar-refractivity contribution in [3.8, 4) is 0 Å². The summed E-state index contributed by atoms with van der Waals surface area (Å²) < 4.78 is 7.26. The van der Waals surface area contributed by atoms with Gasteiger partial charge in [0.2, 0.25) is 0 Å². The predicted octanol–water partition coefficient (Wildman–Crippen LogP) is 2.62. The molecule has 1 saturated heterocycles. The smallest absolute Gasteiger partial charge is 0.256 e. The van der Waals surface area contributed by atoms with Crippen molar-refractivity contribution in [3.05, 3.63) is 53.1 Å². The van der Waals surface area contributed by atoms with E-state index in [4.69, 9.17) is 16.3 Å². The Balaban J connectivity index is 1.60. The molecule has 1 aliphatic rings. The van der Waals surface area contributed by atoms with Gasteiger partial charge in [0, 0.05) is 50.1 Å². The zero-order valence-corrected chi connectivity index (χ0v) is 15.6. The summed E-state index contributed by atoms with van der Waals surface area (Å²) in [5.41, 5.74) is 0.528. The summed E-state index contributed by atoms with van der Waals surface area (Å²) in [6.45, 7) is 2.64. The van der Waals surface area contributed by atoms with Gasteiger partial charge in [-0.1, -0.05) is 23.7 Å². The Kier molecular flexibility index (Phi) is 6.29. The zero-order chi connectivity index (χ0) is 18.5. The van der Waals surface area contributed by atoms with Crippen LogP contribution in [-0.2, 0) is 16.1 Å². The number of carbonyl (C=O) groups excluding carboxylic acids is 1. The first-order valence-electron chi connectivity index (χ1n) is 8.82. The number of likely N-dealkylation sites (tertiary alicyclic amines) is 1. The fourth-order valence-corrected chi connectivity index (χ4v) is 3.61.